The summed E-state index contributed by atoms with van der Waals surface area (Å²) in [5.41, 5.74) is 1.36. The van der Waals surface area contributed by atoms with Gasteiger partial charge < -0.3 is 10.1 Å². The van der Waals surface area contributed by atoms with Gasteiger partial charge in [-0.1, -0.05) is 12.1 Å². The summed E-state index contributed by atoms with van der Waals surface area (Å²) in [6.45, 7) is 2.28. The van der Waals surface area contributed by atoms with E-state index in [1.54, 1.807) is 7.11 Å². The van der Waals surface area contributed by atoms with E-state index in [0.717, 1.165) is 23.6 Å². The second-order valence-electron chi connectivity index (χ2n) is 5.86. The van der Waals surface area contributed by atoms with E-state index in [2.05, 4.69) is 36.5 Å². The van der Waals surface area contributed by atoms with Gasteiger partial charge in [0, 0.05) is 12.1 Å². The summed E-state index contributed by atoms with van der Waals surface area (Å²) in [6.07, 6.45) is 5.74. The van der Waals surface area contributed by atoms with Gasteiger partial charge in [0.05, 0.1) is 7.11 Å². The molecule has 0 radical (unpaired) electrons. The van der Waals surface area contributed by atoms with Crippen molar-refractivity contribution < 1.29 is 4.74 Å². The van der Waals surface area contributed by atoms with Gasteiger partial charge >= 0.3 is 0 Å². The van der Waals surface area contributed by atoms with Gasteiger partial charge in [-0.05, 0) is 62.1 Å². The van der Waals surface area contributed by atoms with Crippen molar-refractivity contribution >= 4 is 0 Å². The Bertz CT molecular complexity index is 380. The van der Waals surface area contributed by atoms with Gasteiger partial charge in [-0.15, -0.1) is 0 Å². The van der Waals surface area contributed by atoms with Crippen LogP contribution in [0.2, 0.25) is 0 Å². The van der Waals surface area contributed by atoms with Crippen molar-refractivity contribution in [2.75, 3.05) is 7.11 Å². The fraction of sp³-hybridized carbons (Fsp3) is 0.625. The highest BCUT2D eigenvalue weighted by atomic mass is 16.5. The van der Waals surface area contributed by atoms with Crippen molar-refractivity contribution in [3.63, 3.8) is 0 Å². The molecule has 0 spiro atoms. The van der Waals surface area contributed by atoms with E-state index in [-0.39, 0.29) is 0 Å². The maximum absolute atomic E-state index is 5.21. The number of nitrogens with one attached hydrogen (secondary N) is 1. The third-order valence-corrected chi connectivity index (χ3v) is 4.32. The predicted octanol–water partition coefficient (Wildman–Crippen LogP) is 3.53. The molecule has 1 N–H and O–H groups in total. The molecule has 1 aromatic carbocycles. The van der Waals surface area contributed by atoms with Gasteiger partial charge in [0.2, 0.25) is 0 Å². The second-order valence-corrected chi connectivity index (χ2v) is 5.86. The molecular weight excluding hydrogens is 222 g/mol. The minimum absolute atomic E-state index is 0.446. The van der Waals surface area contributed by atoms with Gasteiger partial charge in [0.25, 0.3) is 0 Å². The van der Waals surface area contributed by atoms with E-state index in [1.165, 1.54) is 31.2 Å². The summed E-state index contributed by atoms with van der Waals surface area (Å²) in [5, 5.41) is 3.85. The van der Waals surface area contributed by atoms with Gasteiger partial charge in [-0.2, -0.15) is 0 Å². The highest BCUT2D eigenvalue weighted by Crippen LogP contribution is 2.45. The van der Waals surface area contributed by atoms with Crippen LogP contribution >= 0.6 is 0 Å². The van der Waals surface area contributed by atoms with Gasteiger partial charge in [0.15, 0.2) is 0 Å². The van der Waals surface area contributed by atoms with Crippen LogP contribution in [0.4, 0.5) is 0 Å². The maximum Gasteiger partial charge on any atom is 0.118 e. The lowest BCUT2D eigenvalue weighted by atomic mass is 10.0. The number of rotatable bonds is 6. The molecule has 3 rings (SSSR count). The van der Waals surface area contributed by atoms with Crippen LogP contribution in [-0.4, -0.2) is 13.2 Å². The number of ether oxygens (including phenoxy) is 1. The Kier molecular flexibility index (Phi) is 3.29. The lowest BCUT2D eigenvalue weighted by Gasteiger charge is -2.23. The molecule has 1 atom stereocenters. The Morgan fingerprint density at radius 2 is 1.61 bits per heavy atom. The number of methoxy groups -OCH3 is 1. The quantitative estimate of drug-likeness (QED) is 0.827. The summed E-state index contributed by atoms with van der Waals surface area (Å²) >= 11 is 0. The first kappa shape index (κ1) is 12.0. The third-order valence-electron chi connectivity index (χ3n) is 4.32. The van der Waals surface area contributed by atoms with Crippen LogP contribution in [0.1, 0.15) is 44.2 Å². The third kappa shape index (κ3) is 2.69. The molecule has 0 amide bonds. The maximum atomic E-state index is 5.21. The van der Waals surface area contributed by atoms with Crippen molar-refractivity contribution in [3.8, 4) is 5.75 Å². The molecule has 2 saturated carbocycles. The highest BCUT2D eigenvalue weighted by Gasteiger charge is 2.41. The van der Waals surface area contributed by atoms with E-state index in [4.69, 9.17) is 4.74 Å². The Hall–Kier alpha value is -1.02. The fourth-order valence-corrected chi connectivity index (χ4v) is 2.85. The molecule has 1 aromatic rings. The van der Waals surface area contributed by atoms with Gasteiger partial charge in [0.1, 0.15) is 5.75 Å². The van der Waals surface area contributed by atoms with Crippen LogP contribution in [0.5, 0.6) is 5.75 Å². The highest BCUT2D eigenvalue weighted by molar-refractivity contribution is 5.29. The molecular formula is C16H23NO. The molecule has 98 valence electrons. The SMILES string of the molecule is COc1ccc(C(C)NC(C2CC2)C2CC2)cc1. The largest absolute Gasteiger partial charge is 0.497 e. The molecule has 0 heterocycles. The zero-order chi connectivity index (χ0) is 12.5. The molecule has 2 fully saturated rings. The van der Waals surface area contributed by atoms with E-state index < -0.39 is 0 Å². The van der Waals surface area contributed by atoms with Crippen molar-refractivity contribution in [2.45, 2.75) is 44.7 Å². The summed E-state index contributed by atoms with van der Waals surface area (Å²) in [5.74, 6) is 2.85. The predicted molar refractivity (Wildman–Crippen MR) is 73.8 cm³/mol. The topological polar surface area (TPSA) is 21.3 Å². The minimum atomic E-state index is 0.446. The van der Waals surface area contributed by atoms with Gasteiger partial charge in [-0.3, -0.25) is 0 Å². The average molecular weight is 245 g/mol. The van der Waals surface area contributed by atoms with E-state index in [9.17, 15) is 0 Å². The minimum Gasteiger partial charge on any atom is -0.497 e. The monoisotopic (exact) mass is 245 g/mol. The zero-order valence-electron chi connectivity index (χ0n) is 11.4. The normalized spacial score (nSPS) is 21.1. The molecule has 0 aliphatic heterocycles. The van der Waals surface area contributed by atoms with Gasteiger partial charge in [-0.25, -0.2) is 0 Å². The first-order valence-corrected chi connectivity index (χ1v) is 7.18. The second kappa shape index (κ2) is 4.93. The molecule has 0 saturated heterocycles. The zero-order valence-corrected chi connectivity index (χ0v) is 11.4. The first-order chi connectivity index (χ1) is 8.78. The fourth-order valence-electron chi connectivity index (χ4n) is 2.85. The Morgan fingerprint density at radius 3 is 2.06 bits per heavy atom. The molecule has 18 heavy (non-hydrogen) atoms. The van der Waals surface area contributed by atoms with Crippen molar-refractivity contribution in [1.82, 2.24) is 5.32 Å². The van der Waals surface area contributed by atoms with Crippen LogP contribution < -0.4 is 10.1 Å². The standard InChI is InChI=1S/C16H23NO/c1-11(12-7-9-15(18-2)10-8-12)17-16(13-3-4-13)14-5-6-14/h7-11,13-14,16-17H,3-6H2,1-2H3. The Balaban J connectivity index is 1.63. The van der Waals surface area contributed by atoms with Crippen LogP contribution in [0, 0.1) is 11.8 Å². The first-order valence-electron chi connectivity index (χ1n) is 7.18. The average Bonchev–Trinajstić information content (AvgIpc) is 3.29. The molecule has 1 unspecified atom stereocenters. The van der Waals surface area contributed by atoms with E-state index in [1.807, 2.05) is 0 Å². The smallest absolute Gasteiger partial charge is 0.118 e. The molecule has 2 heteroatoms. The number of benzene rings is 1. The van der Waals surface area contributed by atoms with Crippen molar-refractivity contribution in [1.29, 1.82) is 0 Å². The molecule has 0 bridgehead atoms. The lowest BCUT2D eigenvalue weighted by Crippen LogP contribution is -2.35. The van der Waals surface area contributed by atoms with Crippen LogP contribution in [0.3, 0.4) is 0 Å². The summed E-state index contributed by atoms with van der Waals surface area (Å²) in [7, 11) is 1.72. The van der Waals surface area contributed by atoms with Crippen LogP contribution in [0.25, 0.3) is 0 Å². The lowest BCUT2D eigenvalue weighted by molar-refractivity contribution is 0.377. The van der Waals surface area contributed by atoms with Crippen LogP contribution in [0.15, 0.2) is 24.3 Å². The summed E-state index contributed by atoms with van der Waals surface area (Å²) in [4.78, 5) is 0. The number of hydrogen-bond acceptors (Lipinski definition) is 2. The van der Waals surface area contributed by atoms with E-state index >= 15 is 0 Å². The molecule has 2 aliphatic rings. The van der Waals surface area contributed by atoms with Crippen molar-refractivity contribution in [2.24, 2.45) is 11.8 Å². The summed E-state index contributed by atoms with van der Waals surface area (Å²) < 4.78 is 5.21. The van der Waals surface area contributed by atoms with E-state index in [0.29, 0.717) is 6.04 Å². The molecule has 2 nitrogen and oxygen atoms in total. The Labute approximate surface area is 110 Å². The molecule has 0 aromatic heterocycles. The summed E-state index contributed by atoms with van der Waals surface area (Å²) in [6, 6.07) is 9.66. The molecule has 2 aliphatic carbocycles. The number of hydrogen-bond donors (Lipinski definition) is 1. The van der Waals surface area contributed by atoms with Crippen molar-refractivity contribution in [3.05, 3.63) is 29.8 Å². The Morgan fingerprint density at radius 1 is 1.06 bits per heavy atom. The van der Waals surface area contributed by atoms with Crippen LogP contribution in [-0.2, 0) is 0 Å².